The molecule has 2 N–H and O–H groups in total. The second-order valence-corrected chi connectivity index (χ2v) is 8.37. The van der Waals surface area contributed by atoms with E-state index in [2.05, 4.69) is 53.2 Å². The Labute approximate surface area is 177 Å². The van der Waals surface area contributed by atoms with Gasteiger partial charge < -0.3 is 15.2 Å². The van der Waals surface area contributed by atoms with Gasteiger partial charge in [0.25, 0.3) is 0 Å². The minimum atomic E-state index is -0.00532. The zero-order valence-corrected chi connectivity index (χ0v) is 18.5. The van der Waals surface area contributed by atoms with Crippen molar-refractivity contribution in [2.45, 2.75) is 53.5 Å². The van der Waals surface area contributed by atoms with E-state index in [9.17, 15) is 4.79 Å². The number of H-pyrrole nitrogens is 1. The molecule has 1 fully saturated rings. The van der Waals surface area contributed by atoms with Gasteiger partial charge in [0.1, 0.15) is 0 Å². The molecule has 1 amide bonds. The van der Waals surface area contributed by atoms with Crippen molar-refractivity contribution in [3.63, 3.8) is 0 Å². The summed E-state index contributed by atoms with van der Waals surface area (Å²) in [5, 5.41) is 7.73. The topological polar surface area (TPSA) is 78.8 Å². The average Bonchev–Trinajstić information content (AvgIpc) is 3.28. The lowest BCUT2D eigenvalue weighted by molar-refractivity contribution is -0.125. The molecule has 1 aliphatic heterocycles. The van der Waals surface area contributed by atoms with Crippen LogP contribution in [-0.4, -0.2) is 45.3 Å². The van der Waals surface area contributed by atoms with Crippen LogP contribution in [0.5, 0.6) is 0 Å². The number of rotatable bonds is 6. The average molecular weight is 409 g/mol. The van der Waals surface area contributed by atoms with E-state index >= 15 is 0 Å². The molecule has 30 heavy (non-hydrogen) atoms. The van der Waals surface area contributed by atoms with E-state index in [1.165, 1.54) is 16.8 Å². The number of fused-ring (bicyclic) bond motifs is 1. The Morgan fingerprint density at radius 2 is 2.13 bits per heavy atom. The minimum Gasteiger partial charge on any atom is -0.355 e. The van der Waals surface area contributed by atoms with Crippen LogP contribution in [0.2, 0.25) is 0 Å². The number of piperidine rings is 1. The maximum atomic E-state index is 12.8. The van der Waals surface area contributed by atoms with Crippen LogP contribution in [-0.2, 0) is 17.8 Å². The molecular weight excluding hydrogens is 376 g/mol. The van der Waals surface area contributed by atoms with Gasteiger partial charge in [0.15, 0.2) is 0 Å². The highest BCUT2D eigenvalue weighted by Crippen LogP contribution is 2.24. The molecule has 7 heteroatoms. The van der Waals surface area contributed by atoms with Gasteiger partial charge in [-0.05, 0) is 70.2 Å². The van der Waals surface area contributed by atoms with Crippen LogP contribution in [0.25, 0.3) is 11.0 Å². The van der Waals surface area contributed by atoms with Gasteiger partial charge in [-0.2, -0.15) is 5.10 Å². The second kappa shape index (κ2) is 8.50. The molecule has 1 atom stereocenters. The Bertz CT molecular complexity index is 1050. The molecule has 0 radical (unpaired) electrons. The second-order valence-electron chi connectivity index (χ2n) is 8.37. The summed E-state index contributed by atoms with van der Waals surface area (Å²) < 4.78 is 2.03. The lowest BCUT2D eigenvalue weighted by Crippen LogP contribution is -2.44. The van der Waals surface area contributed by atoms with Gasteiger partial charge in [-0.3, -0.25) is 9.48 Å². The number of amides is 1. The highest BCUT2D eigenvalue weighted by Gasteiger charge is 2.27. The summed E-state index contributed by atoms with van der Waals surface area (Å²) in [7, 11) is 0. The number of imidazole rings is 1. The maximum Gasteiger partial charge on any atom is 0.224 e. The number of anilines is 1. The molecule has 1 unspecified atom stereocenters. The third-order valence-electron chi connectivity index (χ3n) is 6.22. The van der Waals surface area contributed by atoms with Crippen LogP contribution in [0.15, 0.2) is 18.2 Å². The fourth-order valence-corrected chi connectivity index (χ4v) is 4.50. The Kier molecular flexibility index (Phi) is 5.79. The lowest BCUT2D eigenvalue weighted by atomic mass is 9.97. The number of hydrogen-bond donors (Lipinski definition) is 2. The smallest absolute Gasteiger partial charge is 0.224 e. The van der Waals surface area contributed by atoms with Crippen molar-refractivity contribution in [2.24, 2.45) is 5.92 Å². The summed E-state index contributed by atoms with van der Waals surface area (Å²) in [5.41, 5.74) is 6.75. The van der Waals surface area contributed by atoms with E-state index in [0.717, 1.165) is 55.0 Å². The molecule has 0 saturated carbocycles. The number of carbonyl (C=O) groups is 1. The number of aryl methyl sites for hydroxylation is 3. The molecule has 0 bridgehead atoms. The van der Waals surface area contributed by atoms with E-state index in [1.807, 2.05) is 17.7 Å². The van der Waals surface area contributed by atoms with Crippen LogP contribution in [0.4, 0.5) is 5.95 Å². The van der Waals surface area contributed by atoms with Gasteiger partial charge in [-0.1, -0.05) is 6.07 Å². The number of aromatic amines is 1. The molecule has 1 saturated heterocycles. The van der Waals surface area contributed by atoms with Crippen molar-refractivity contribution in [3.05, 3.63) is 40.7 Å². The fraction of sp³-hybridized carbons (Fsp3) is 0.522. The van der Waals surface area contributed by atoms with Crippen molar-refractivity contribution < 1.29 is 4.79 Å². The minimum absolute atomic E-state index is 0.00532. The largest absolute Gasteiger partial charge is 0.355 e. The molecule has 3 aromatic rings. The molecular formula is C23H32N6O. The standard InChI is InChI=1S/C23H32N6O/c1-5-29-17(4)19(16(3)27-29)10-11-24-22(30)18-7-6-12-28(14-18)23-25-20-9-8-15(2)13-21(20)26-23/h8-9,13,18H,5-7,10-12,14H2,1-4H3,(H,24,30)(H,25,26). The number of nitrogens with zero attached hydrogens (tertiary/aromatic N) is 4. The first-order chi connectivity index (χ1) is 14.5. The first-order valence-electron chi connectivity index (χ1n) is 11.0. The fourth-order valence-electron chi connectivity index (χ4n) is 4.50. The Morgan fingerprint density at radius 3 is 2.90 bits per heavy atom. The molecule has 1 aromatic carbocycles. The maximum absolute atomic E-state index is 12.8. The van der Waals surface area contributed by atoms with Crippen molar-refractivity contribution in [2.75, 3.05) is 24.5 Å². The normalized spacial score (nSPS) is 16.9. The van der Waals surface area contributed by atoms with Crippen molar-refractivity contribution >= 4 is 22.9 Å². The third-order valence-corrected chi connectivity index (χ3v) is 6.22. The molecule has 160 valence electrons. The van der Waals surface area contributed by atoms with Crippen LogP contribution in [0.3, 0.4) is 0 Å². The van der Waals surface area contributed by atoms with Crippen molar-refractivity contribution in [1.82, 2.24) is 25.1 Å². The highest BCUT2D eigenvalue weighted by atomic mass is 16.1. The van der Waals surface area contributed by atoms with Gasteiger partial charge in [0.2, 0.25) is 11.9 Å². The number of carbonyl (C=O) groups excluding carboxylic acids is 1. The molecule has 0 spiro atoms. The van der Waals surface area contributed by atoms with Crippen LogP contribution < -0.4 is 10.2 Å². The zero-order valence-electron chi connectivity index (χ0n) is 18.5. The van der Waals surface area contributed by atoms with Gasteiger partial charge in [0, 0.05) is 31.9 Å². The number of aromatic nitrogens is 4. The van der Waals surface area contributed by atoms with Crippen molar-refractivity contribution in [1.29, 1.82) is 0 Å². The molecule has 2 aromatic heterocycles. The Balaban J connectivity index is 1.36. The van der Waals surface area contributed by atoms with E-state index < -0.39 is 0 Å². The van der Waals surface area contributed by atoms with Gasteiger partial charge in [0.05, 0.1) is 22.6 Å². The number of benzene rings is 1. The molecule has 1 aliphatic rings. The van der Waals surface area contributed by atoms with Gasteiger partial charge in [-0.25, -0.2) is 4.98 Å². The monoisotopic (exact) mass is 408 g/mol. The van der Waals surface area contributed by atoms with E-state index in [0.29, 0.717) is 13.1 Å². The SMILES string of the molecule is CCn1nc(C)c(CCNC(=O)C2CCCN(c3nc4ccc(C)cc4[nH]3)C2)c1C. The Morgan fingerprint density at radius 1 is 1.30 bits per heavy atom. The number of hydrogen-bond acceptors (Lipinski definition) is 4. The summed E-state index contributed by atoms with van der Waals surface area (Å²) in [4.78, 5) is 23.2. The quantitative estimate of drug-likeness (QED) is 0.656. The summed E-state index contributed by atoms with van der Waals surface area (Å²) in [6, 6.07) is 6.24. The van der Waals surface area contributed by atoms with E-state index in [-0.39, 0.29) is 11.8 Å². The van der Waals surface area contributed by atoms with Crippen LogP contribution in [0.1, 0.15) is 42.3 Å². The summed E-state index contributed by atoms with van der Waals surface area (Å²) >= 11 is 0. The van der Waals surface area contributed by atoms with E-state index in [4.69, 9.17) is 4.98 Å². The first-order valence-corrected chi connectivity index (χ1v) is 11.0. The Hall–Kier alpha value is -2.83. The molecule has 3 heterocycles. The summed E-state index contributed by atoms with van der Waals surface area (Å²) in [6.45, 7) is 11.5. The summed E-state index contributed by atoms with van der Waals surface area (Å²) in [5.74, 6) is 1.01. The summed E-state index contributed by atoms with van der Waals surface area (Å²) in [6.07, 6.45) is 2.74. The molecule has 0 aliphatic carbocycles. The predicted octanol–water partition coefficient (Wildman–Crippen LogP) is 3.28. The number of nitrogens with one attached hydrogen (secondary N) is 2. The molecule has 4 rings (SSSR count). The first kappa shape index (κ1) is 20.4. The zero-order chi connectivity index (χ0) is 21.3. The van der Waals surface area contributed by atoms with Crippen LogP contribution in [0, 0.1) is 26.7 Å². The third kappa shape index (κ3) is 4.06. The van der Waals surface area contributed by atoms with Crippen LogP contribution >= 0.6 is 0 Å². The van der Waals surface area contributed by atoms with Gasteiger partial charge in [-0.15, -0.1) is 0 Å². The highest BCUT2D eigenvalue weighted by molar-refractivity contribution is 5.80. The van der Waals surface area contributed by atoms with Gasteiger partial charge >= 0.3 is 0 Å². The van der Waals surface area contributed by atoms with E-state index in [1.54, 1.807) is 0 Å². The lowest BCUT2D eigenvalue weighted by Gasteiger charge is -2.31. The predicted molar refractivity (Wildman–Crippen MR) is 120 cm³/mol. The molecule has 7 nitrogen and oxygen atoms in total. The van der Waals surface area contributed by atoms with Crippen molar-refractivity contribution in [3.8, 4) is 0 Å².